The fourth-order valence-corrected chi connectivity index (χ4v) is 2.15. The van der Waals surface area contributed by atoms with E-state index in [1.807, 2.05) is 0 Å². The Morgan fingerprint density at radius 2 is 1.90 bits per heavy atom. The van der Waals surface area contributed by atoms with E-state index in [0.29, 0.717) is 17.9 Å². The Hall–Kier alpha value is -2.34. The zero-order valence-corrected chi connectivity index (χ0v) is 11.8. The molecule has 1 heterocycles. The third kappa shape index (κ3) is 2.62. The van der Waals surface area contributed by atoms with Crippen molar-refractivity contribution in [1.29, 1.82) is 0 Å². The molecule has 3 rings (SSSR count). The first-order valence-electron chi connectivity index (χ1n) is 6.44. The van der Waals surface area contributed by atoms with Crippen molar-refractivity contribution in [2.24, 2.45) is 5.73 Å². The van der Waals surface area contributed by atoms with Gasteiger partial charge in [0.1, 0.15) is 5.54 Å². The van der Waals surface area contributed by atoms with Crippen molar-refractivity contribution in [2.75, 3.05) is 0 Å². The number of rotatable bonds is 4. The van der Waals surface area contributed by atoms with E-state index in [4.69, 9.17) is 17.3 Å². The Morgan fingerprint density at radius 3 is 2.48 bits per heavy atom. The molecule has 1 aromatic carbocycles. The van der Waals surface area contributed by atoms with Crippen LogP contribution in [0.1, 0.15) is 23.3 Å². The molecule has 21 heavy (non-hydrogen) atoms. The normalized spacial score (nSPS) is 15.5. The van der Waals surface area contributed by atoms with E-state index in [0.717, 1.165) is 5.69 Å². The maximum Gasteiger partial charge on any atom is 0.272 e. The first-order valence-corrected chi connectivity index (χ1v) is 6.82. The van der Waals surface area contributed by atoms with Gasteiger partial charge in [0.2, 0.25) is 5.91 Å². The van der Waals surface area contributed by atoms with Crippen LogP contribution < -0.4 is 11.1 Å². The fraction of sp³-hybridized carbons (Fsp3) is 0.214. The second kappa shape index (κ2) is 4.89. The fourth-order valence-electron chi connectivity index (χ4n) is 2.02. The minimum atomic E-state index is -0.888. The summed E-state index contributed by atoms with van der Waals surface area (Å²) >= 11 is 5.83. The van der Waals surface area contributed by atoms with Crippen molar-refractivity contribution in [3.05, 3.63) is 47.2 Å². The molecule has 0 saturated heterocycles. The highest BCUT2D eigenvalue weighted by Crippen LogP contribution is 2.35. The van der Waals surface area contributed by atoms with Gasteiger partial charge in [0.15, 0.2) is 5.69 Å². The van der Waals surface area contributed by atoms with Gasteiger partial charge in [0.05, 0.1) is 5.69 Å². The molecule has 1 aromatic heterocycles. The predicted octanol–water partition coefficient (Wildman–Crippen LogP) is 1.27. The average Bonchev–Trinajstić information content (AvgIpc) is 3.07. The van der Waals surface area contributed by atoms with Crippen LogP contribution in [0.15, 0.2) is 36.5 Å². The molecule has 0 aliphatic heterocycles. The lowest BCUT2D eigenvalue weighted by molar-refractivity contribution is -0.120. The molecule has 1 aliphatic rings. The molecule has 0 bridgehead atoms. The second-order valence-electron chi connectivity index (χ2n) is 5.02. The van der Waals surface area contributed by atoms with Crippen LogP contribution in [0.25, 0.3) is 5.69 Å². The third-order valence-corrected chi connectivity index (χ3v) is 3.74. The third-order valence-electron chi connectivity index (χ3n) is 3.49. The Morgan fingerprint density at radius 1 is 1.24 bits per heavy atom. The quantitative estimate of drug-likeness (QED) is 0.891. The maximum absolute atomic E-state index is 12.1. The summed E-state index contributed by atoms with van der Waals surface area (Å²) in [5, 5.41) is 7.46. The largest absolute Gasteiger partial charge is 0.368 e. The van der Waals surface area contributed by atoms with E-state index in [-0.39, 0.29) is 5.69 Å². The summed E-state index contributed by atoms with van der Waals surface area (Å²) in [5.74, 6) is -0.910. The molecule has 108 valence electrons. The number of halogens is 1. The molecule has 1 aliphatic carbocycles. The summed E-state index contributed by atoms with van der Waals surface area (Å²) in [6.07, 6.45) is 2.82. The van der Waals surface area contributed by atoms with Gasteiger partial charge in [0, 0.05) is 11.2 Å². The summed E-state index contributed by atoms with van der Waals surface area (Å²) < 4.78 is 1.56. The molecule has 0 radical (unpaired) electrons. The van der Waals surface area contributed by atoms with Crippen molar-refractivity contribution in [3.63, 3.8) is 0 Å². The number of amides is 2. The van der Waals surface area contributed by atoms with Crippen LogP contribution in [-0.2, 0) is 4.79 Å². The number of aromatic nitrogens is 2. The zero-order chi connectivity index (χ0) is 15.0. The summed E-state index contributed by atoms with van der Waals surface area (Å²) in [5.41, 5.74) is 5.41. The predicted molar refractivity (Wildman–Crippen MR) is 77.2 cm³/mol. The molecular formula is C14H13ClN4O2. The first kappa shape index (κ1) is 13.6. The van der Waals surface area contributed by atoms with Crippen LogP contribution in [0.2, 0.25) is 5.02 Å². The van der Waals surface area contributed by atoms with Crippen molar-refractivity contribution in [2.45, 2.75) is 18.4 Å². The number of nitrogens with one attached hydrogen (secondary N) is 1. The highest BCUT2D eigenvalue weighted by Gasteiger charge is 2.50. The van der Waals surface area contributed by atoms with Crippen LogP contribution in [0, 0.1) is 0 Å². The number of primary amides is 1. The van der Waals surface area contributed by atoms with Gasteiger partial charge >= 0.3 is 0 Å². The van der Waals surface area contributed by atoms with Crippen molar-refractivity contribution in [3.8, 4) is 5.69 Å². The van der Waals surface area contributed by atoms with Crippen LogP contribution >= 0.6 is 11.6 Å². The number of benzene rings is 1. The van der Waals surface area contributed by atoms with Gasteiger partial charge in [0.25, 0.3) is 5.91 Å². The molecule has 2 amide bonds. The Bertz CT molecular complexity index is 704. The van der Waals surface area contributed by atoms with E-state index in [1.54, 1.807) is 41.2 Å². The average molecular weight is 305 g/mol. The molecule has 7 heteroatoms. The van der Waals surface area contributed by atoms with Crippen molar-refractivity contribution < 1.29 is 9.59 Å². The van der Waals surface area contributed by atoms with Gasteiger partial charge in [-0.05, 0) is 43.2 Å². The molecule has 0 unspecified atom stereocenters. The minimum Gasteiger partial charge on any atom is -0.368 e. The second-order valence-corrected chi connectivity index (χ2v) is 5.46. The SMILES string of the molecule is NC(=O)C1(NC(=O)c2ccn(-c3ccc(Cl)cc3)n2)CC1. The highest BCUT2D eigenvalue weighted by atomic mass is 35.5. The molecule has 1 saturated carbocycles. The van der Waals surface area contributed by atoms with Crippen LogP contribution in [0.5, 0.6) is 0 Å². The number of hydrogen-bond acceptors (Lipinski definition) is 3. The molecule has 1 fully saturated rings. The number of hydrogen-bond donors (Lipinski definition) is 2. The Kier molecular flexibility index (Phi) is 3.17. The number of nitrogens with zero attached hydrogens (tertiary/aromatic N) is 2. The Balaban J connectivity index is 1.77. The van der Waals surface area contributed by atoms with E-state index in [1.165, 1.54) is 0 Å². The summed E-state index contributed by atoms with van der Waals surface area (Å²) in [6, 6.07) is 8.65. The molecular weight excluding hydrogens is 292 g/mol. The number of nitrogens with two attached hydrogens (primary N) is 1. The topological polar surface area (TPSA) is 90.0 Å². The van der Waals surface area contributed by atoms with Gasteiger partial charge in [-0.15, -0.1) is 0 Å². The zero-order valence-electron chi connectivity index (χ0n) is 11.0. The van der Waals surface area contributed by atoms with E-state index in [9.17, 15) is 9.59 Å². The van der Waals surface area contributed by atoms with Crippen LogP contribution in [0.3, 0.4) is 0 Å². The molecule has 2 aromatic rings. The van der Waals surface area contributed by atoms with Gasteiger partial charge in [-0.1, -0.05) is 11.6 Å². The monoisotopic (exact) mass is 304 g/mol. The van der Waals surface area contributed by atoms with E-state index in [2.05, 4.69) is 10.4 Å². The Labute approximate surface area is 125 Å². The lowest BCUT2D eigenvalue weighted by Crippen LogP contribution is -2.46. The minimum absolute atomic E-state index is 0.234. The number of carbonyl (C=O) groups is 2. The molecule has 0 spiro atoms. The van der Waals surface area contributed by atoms with E-state index < -0.39 is 17.4 Å². The molecule has 3 N–H and O–H groups in total. The molecule has 6 nitrogen and oxygen atoms in total. The summed E-state index contributed by atoms with van der Waals surface area (Å²) in [7, 11) is 0. The summed E-state index contributed by atoms with van der Waals surface area (Å²) in [4.78, 5) is 23.4. The standard InChI is InChI=1S/C14H13ClN4O2/c15-9-1-3-10(4-2-9)19-8-5-11(18-19)12(20)17-14(6-7-14)13(16)21/h1-5,8H,6-7H2,(H2,16,21)(H,17,20). The number of carbonyl (C=O) groups excluding carboxylic acids is 2. The maximum atomic E-state index is 12.1. The van der Waals surface area contributed by atoms with Gasteiger partial charge in [-0.25, -0.2) is 4.68 Å². The van der Waals surface area contributed by atoms with Crippen LogP contribution in [-0.4, -0.2) is 27.1 Å². The van der Waals surface area contributed by atoms with E-state index >= 15 is 0 Å². The lowest BCUT2D eigenvalue weighted by Gasteiger charge is -2.11. The summed E-state index contributed by atoms with van der Waals surface area (Å²) in [6.45, 7) is 0. The van der Waals surface area contributed by atoms with Crippen LogP contribution in [0.4, 0.5) is 0 Å². The van der Waals surface area contributed by atoms with Gasteiger partial charge < -0.3 is 11.1 Å². The van der Waals surface area contributed by atoms with Gasteiger partial charge in [-0.2, -0.15) is 5.10 Å². The first-order chi connectivity index (χ1) is 10.00. The van der Waals surface area contributed by atoms with Crippen molar-refractivity contribution in [1.82, 2.24) is 15.1 Å². The highest BCUT2D eigenvalue weighted by molar-refractivity contribution is 6.30. The van der Waals surface area contributed by atoms with Crippen molar-refractivity contribution >= 4 is 23.4 Å². The lowest BCUT2D eigenvalue weighted by atomic mass is 10.2. The molecule has 0 atom stereocenters. The smallest absolute Gasteiger partial charge is 0.272 e. The van der Waals surface area contributed by atoms with Gasteiger partial charge in [-0.3, -0.25) is 9.59 Å².